The number of rotatable bonds is 8. The number of Topliss-reactive ketones (excluding diaryl/α,β-unsaturated/α-hetero) is 1. The van der Waals surface area contributed by atoms with E-state index in [0.29, 0.717) is 35.9 Å². The van der Waals surface area contributed by atoms with Gasteiger partial charge in [-0.15, -0.1) is 0 Å². The van der Waals surface area contributed by atoms with E-state index >= 15 is 0 Å². The fraction of sp³-hybridized carbons (Fsp3) is 0.636. The molecule has 0 saturated heterocycles. The van der Waals surface area contributed by atoms with Crippen LogP contribution in [-0.2, 0) is 9.53 Å². The van der Waals surface area contributed by atoms with Crippen molar-refractivity contribution in [2.75, 3.05) is 6.61 Å². The van der Waals surface area contributed by atoms with Gasteiger partial charge in [0.1, 0.15) is 0 Å². The van der Waals surface area contributed by atoms with Crippen molar-refractivity contribution in [1.29, 1.82) is 0 Å². The van der Waals surface area contributed by atoms with Gasteiger partial charge >= 0.3 is 0 Å². The highest BCUT2D eigenvalue weighted by molar-refractivity contribution is 5.94. The summed E-state index contributed by atoms with van der Waals surface area (Å²) in [5, 5.41) is 0. The minimum absolute atomic E-state index is 0.0658. The number of fused-ring (bicyclic) bond motifs is 6. The van der Waals surface area contributed by atoms with Crippen LogP contribution in [0, 0.1) is 23.2 Å². The summed E-state index contributed by atoms with van der Waals surface area (Å²) in [7, 11) is 0. The smallest absolute Gasteiger partial charge is 0.159 e. The molecule has 3 fully saturated rings. The number of carbonyl (C=O) groups is 2. The summed E-state index contributed by atoms with van der Waals surface area (Å²) in [6, 6.07) is 8.45. The monoisotopic (exact) mass is 486 g/mol. The highest BCUT2D eigenvalue weighted by Crippen LogP contribution is 2.77. The molecule has 6 rings (SSSR count). The third-order valence-electron chi connectivity index (χ3n) is 10.8. The van der Waals surface area contributed by atoms with Crippen LogP contribution in [0.4, 0.5) is 0 Å². The lowest BCUT2D eigenvalue weighted by molar-refractivity contribution is -0.114. The van der Waals surface area contributed by atoms with Gasteiger partial charge < -0.3 is 4.74 Å². The van der Waals surface area contributed by atoms with Crippen LogP contribution in [0.2, 0.25) is 0 Å². The molecule has 3 heteroatoms. The molecule has 192 valence electrons. The predicted molar refractivity (Wildman–Crippen MR) is 143 cm³/mol. The molecule has 1 aromatic carbocycles. The van der Waals surface area contributed by atoms with E-state index < -0.39 is 0 Å². The Hall–Kier alpha value is -2.00. The molecule has 6 atom stereocenters. The number of hydrogen-bond acceptors (Lipinski definition) is 3. The third-order valence-corrected chi connectivity index (χ3v) is 10.8. The van der Waals surface area contributed by atoms with Gasteiger partial charge in [-0.05, 0) is 92.4 Å². The molecule has 0 amide bonds. The maximum atomic E-state index is 12.3. The molecule has 3 saturated carbocycles. The number of carbonyl (C=O) groups excluding carboxylic acids is 2. The van der Waals surface area contributed by atoms with Crippen molar-refractivity contribution in [2.24, 2.45) is 23.2 Å². The Labute approximate surface area is 216 Å². The van der Waals surface area contributed by atoms with Gasteiger partial charge in [-0.1, -0.05) is 62.9 Å². The number of benzene rings is 1. The van der Waals surface area contributed by atoms with Crippen molar-refractivity contribution in [3.8, 4) is 0 Å². The summed E-state index contributed by atoms with van der Waals surface area (Å²) in [4.78, 5) is 24.2. The quantitative estimate of drug-likeness (QED) is 0.279. The summed E-state index contributed by atoms with van der Waals surface area (Å²) in [6.07, 6.45) is 14.4. The van der Waals surface area contributed by atoms with Crippen LogP contribution in [0.5, 0.6) is 0 Å². The van der Waals surface area contributed by atoms with E-state index in [2.05, 4.69) is 26.0 Å². The molecular formula is C33H42O3. The molecule has 0 spiro atoms. The first-order chi connectivity index (χ1) is 17.4. The normalized spacial score (nSPS) is 36.5. The fourth-order valence-electron chi connectivity index (χ4n) is 8.89. The maximum absolute atomic E-state index is 12.3. The Balaban J connectivity index is 1.38. The van der Waals surface area contributed by atoms with E-state index in [1.807, 2.05) is 18.2 Å². The van der Waals surface area contributed by atoms with Gasteiger partial charge in [0.05, 0.1) is 5.60 Å². The van der Waals surface area contributed by atoms with E-state index in [9.17, 15) is 9.59 Å². The van der Waals surface area contributed by atoms with Crippen LogP contribution in [0.25, 0.3) is 0 Å². The molecule has 0 heterocycles. The summed E-state index contributed by atoms with van der Waals surface area (Å²) in [5.41, 5.74) is 6.84. The number of unbranched alkanes of at least 4 members (excludes halogenated alkanes) is 3. The van der Waals surface area contributed by atoms with Crippen molar-refractivity contribution in [3.63, 3.8) is 0 Å². The molecular weight excluding hydrogens is 444 g/mol. The Morgan fingerprint density at radius 3 is 2.61 bits per heavy atom. The minimum atomic E-state index is 0.0658. The largest absolute Gasteiger partial charge is 0.374 e. The average Bonchev–Trinajstić information content (AvgIpc) is 3.53. The molecule has 0 bridgehead atoms. The second kappa shape index (κ2) is 9.08. The predicted octanol–water partition coefficient (Wildman–Crippen LogP) is 7.75. The lowest BCUT2D eigenvalue weighted by atomic mass is 9.51. The first kappa shape index (κ1) is 24.3. The molecule has 5 aliphatic rings. The zero-order chi connectivity index (χ0) is 25.1. The number of allylic oxidation sites excluding steroid dienone is 4. The van der Waals surface area contributed by atoms with Crippen molar-refractivity contribution >= 4 is 11.6 Å². The Bertz CT molecular complexity index is 1120. The number of hydrogen-bond donors (Lipinski definition) is 0. The number of ketones is 2. The second-order valence-electron chi connectivity index (χ2n) is 12.6. The fourth-order valence-corrected chi connectivity index (χ4v) is 8.89. The van der Waals surface area contributed by atoms with Gasteiger partial charge in [0.25, 0.3) is 0 Å². The van der Waals surface area contributed by atoms with Gasteiger partial charge in [-0.25, -0.2) is 0 Å². The topological polar surface area (TPSA) is 43.4 Å². The first-order valence-electron chi connectivity index (χ1n) is 14.6. The molecule has 0 N–H and O–H groups in total. The van der Waals surface area contributed by atoms with Gasteiger partial charge in [-0.2, -0.15) is 0 Å². The molecule has 0 radical (unpaired) electrons. The van der Waals surface area contributed by atoms with Crippen molar-refractivity contribution in [1.82, 2.24) is 0 Å². The summed E-state index contributed by atoms with van der Waals surface area (Å²) in [6.45, 7) is 7.38. The van der Waals surface area contributed by atoms with Crippen molar-refractivity contribution in [3.05, 3.63) is 58.2 Å². The zero-order valence-corrected chi connectivity index (χ0v) is 22.4. The number of ether oxygens (including phenoxy) is 1. The Kier molecular flexibility index (Phi) is 6.14. The lowest BCUT2D eigenvalue weighted by Crippen LogP contribution is -2.49. The van der Waals surface area contributed by atoms with Gasteiger partial charge in [0.2, 0.25) is 0 Å². The van der Waals surface area contributed by atoms with Crippen LogP contribution in [0.1, 0.15) is 113 Å². The average molecular weight is 487 g/mol. The Morgan fingerprint density at radius 2 is 1.86 bits per heavy atom. The summed E-state index contributed by atoms with van der Waals surface area (Å²) >= 11 is 0. The van der Waals surface area contributed by atoms with Crippen LogP contribution in [-0.4, -0.2) is 23.8 Å². The van der Waals surface area contributed by atoms with Crippen LogP contribution >= 0.6 is 0 Å². The molecule has 1 unspecified atom stereocenters. The highest BCUT2D eigenvalue weighted by Gasteiger charge is 2.75. The SMILES string of the molecule is CCCCCCOC12C[C@@H]1C[C@H]1[C@@H]3CCC4=CC(=O)CCC4=C3[C@@H](c3ccc(C(C)=O)cc3)C[C@@]12C. The minimum Gasteiger partial charge on any atom is -0.374 e. The Morgan fingerprint density at radius 1 is 1.06 bits per heavy atom. The standard InChI is InChI=1S/C33H42O3/c1-4-5-6-7-16-36-33-19-25(33)18-30-28-14-12-24-17-26(35)13-15-27(24)31(28)29(20-32(30,33)3)23-10-8-22(9-11-23)21(2)34/h8-11,17,25,28-30H,4-7,12-16,18-20H2,1-3H3/t25-,28-,29+,30-,32-,33?/m0/s1. The molecule has 1 aromatic rings. The maximum Gasteiger partial charge on any atom is 0.159 e. The zero-order valence-electron chi connectivity index (χ0n) is 22.4. The van der Waals surface area contributed by atoms with E-state index in [1.165, 1.54) is 61.7 Å². The van der Waals surface area contributed by atoms with Crippen molar-refractivity contribution < 1.29 is 14.3 Å². The van der Waals surface area contributed by atoms with Crippen LogP contribution in [0.15, 0.2) is 47.1 Å². The second-order valence-corrected chi connectivity index (χ2v) is 12.6. The molecule has 0 aliphatic heterocycles. The molecule has 5 aliphatic carbocycles. The van der Waals surface area contributed by atoms with E-state index in [0.717, 1.165) is 31.4 Å². The van der Waals surface area contributed by atoms with Crippen LogP contribution < -0.4 is 0 Å². The van der Waals surface area contributed by atoms with Gasteiger partial charge in [0.15, 0.2) is 11.6 Å². The third kappa shape index (κ3) is 3.71. The van der Waals surface area contributed by atoms with E-state index in [-0.39, 0.29) is 16.8 Å². The highest BCUT2D eigenvalue weighted by atomic mass is 16.5. The van der Waals surface area contributed by atoms with Gasteiger partial charge in [-0.3, -0.25) is 9.59 Å². The van der Waals surface area contributed by atoms with E-state index in [1.54, 1.807) is 12.5 Å². The van der Waals surface area contributed by atoms with Gasteiger partial charge in [0, 0.05) is 29.9 Å². The molecule has 36 heavy (non-hydrogen) atoms. The van der Waals surface area contributed by atoms with Crippen molar-refractivity contribution in [2.45, 2.75) is 103 Å². The summed E-state index contributed by atoms with van der Waals surface area (Å²) in [5.74, 6) is 2.76. The first-order valence-corrected chi connectivity index (χ1v) is 14.6. The molecule has 0 aromatic heterocycles. The summed E-state index contributed by atoms with van der Waals surface area (Å²) < 4.78 is 6.90. The molecule has 3 nitrogen and oxygen atoms in total. The van der Waals surface area contributed by atoms with Crippen LogP contribution in [0.3, 0.4) is 0 Å². The van der Waals surface area contributed by atoms with E-state index in [4.69, 9.17) is 4.74 Å². The lowest BCUT2D eigenvalue weighted by Gasteiger charge is -2.54.